The summed E-state index contributed by atoms with van der Waals surface area (Å²) in [6, 6.07) is 8.88. The highest BCUT2D eigenvalue weighted by Crippen LogP contribution is 2.07. The molecule has 0 aliphatic heterocycles. The summed E-state index contributed by atoms with van der Waals surface area (Å²) in [5, 5.41) is 2.69. The third-order valence-corrected chi connectivity index (χ3v) is 3.36. The first kappa shape index (κ1) is 14.7. The first-order valence-corrected chi connectivity index (χ1v) is 7.61. The molecule has 1 aromatic rings. The number of amides is 2. The maximum Gasteiger partial charge on any atom is 0.240 e. The van der Waals surface area contributed by atoms with Gasteiger partial charge >= 0.3 is 0 Å². The predicted molar refractivity (Wildman–Crippen MR) is 75.0 cm³/mol. The Kier molecular flexibility index (Phi) is 6.37. The van der Waals surface area contributed by atoms with Crippen molar-refractivity contribution in [3.05, 3.63) is 35.9 Å². The van der Waals surface area contributed by atoms with Gasteiger partial charge in [-0.15, -0.1) is 8.58 Å². The van der Waals surface area contributed by atoms with Crippen LogP contribution < -0.4 is 11.1 Å². The van der Waals surface area contributed by atoms with Crippen molar-refractivity contribution in [2.75, 3.05) is 12.8 Å². The second kappa shape index (κ2) is 7.83. The number of nitrogens with two attached hydrogens (primary N) is 1. The zero-order valence-electron chi connectivity index (χ0n) is 10.5. The zero-order chi connectivity index (χ0) is 13.4. The van der Waals surface area contributed by atoms with E-state index in [1.807, 2.05) is 30.3 Å². The Morgan fingerprint density at radius 3 is 2.56 bits per heavy atom. The van der Waals surface area contributed by atoms with Gasteiger partial charge in [0, 0.05) is 0 Å². The summed E-state index contributed by atoms with van der Waals surface area (Å²) >= 11 is 0. The topological polar surface area (TPSA) is 72.2 Å². The fraction of sp³-hybridized carbons (Fsp3) is 0.385. The summed E-state index contributed by atoms with van der Waals surface area (Å²) in [7, 11) is 0.754. The molecule has 4 nitrogen and oxygen atoms in total. The van der Waals surface area contributed by atoms with E-state index in [2.05, 4.69) is 12.0 Å². The molecular formula is C13H19N2O2P. The van der Waals surface area contributed by atoms with Crippen LogP contribution in [0, 0.1) is 0 Å². The molecule has 3 N–H and O–H groups in total. The van der Waals surface area contributed by atoms with Crippen molar-refractivity contribution in [3.63, 3.8) is 0 Å². The summed E-state index contributed by atoms with van der Waals surface area (Å²) in [4.78, 5) is 23.0. The van der Waals surface area contributed by atoms with Crippen molar-refractivity contribution in [1.82, 2.24) is 5.32 Å². The summed E-state index contributed by atoms with van der Waals surface area (Å²) in [6.45, 7) is 2.06. The van der Waals surface area contributed by atoms with Crippen LogP contribution in [0.25, 0.3) is 0 Å². The van der Waals surface area contributed by atoms with Crippen LogP contribution in [0.2, 0.25) is 0 Å². The standard InChI is InChI=1S/C13H19N2O2P/c1-18-8-7-11(13(14)17)15-12(16)9-10-5-3-2-4-6-10/h2-6,11,18H,7-9H2,1H3,(H2,14,17)(H,15,16). The maximum absolute atomic E-state index is 11.8. The fourth-order valence-corrected chi connectivity index (χ4v) is 2.18. The van der Waals surface area contributed by atoms with E-state index in [-0.39, 0.29) is 12.3 Å². The van der Waals surface area contributed by atoms with E-state index < -0.39 is 11.9 Å². The highest BCUT2D eigenvalue weighted by molar-refractivity contribution is 7.36. The van der Waals surface area contributed by atoms with E-state index in [1.165, 1.54) is 0 Å². The molecule has 0 heterocycles. The van der Waals surface area contributed by atoms with E-state index in [1.54, 1.807) is 0 Å². The molecule has 2 unspecified atom stereocenters. The number of hydrogen-bond donors (Lipinski definition) is 2. The number of carbonyl (C=O) groups excluding carboxylic acids is 2. The maximum atomic E-state index is 11.8. The van der Waals surface area contributed by atoms with Crippen LogP contribution in [0.15, 0.2) is 30.3 Å². The minimum atomic E-state index is -0.548. The monoisotopic (exact) mass is 266 g/mol. The molecule has 98 valence electrons. The smallest absolute Gasteiger partial charge is 0.240 e. The van der Waals surface area contributed by atoms with Crippen molar-refractivity contribution in [3.8, 4) is 0 Å². The second-order valence-corrected chi connectivity index (χ2v) is 5.28. The molecule has 5 heteroatoms. The average molecular weight is 266 g/mol. The third kappa shape index (κ3) is 5.28. The molecule has 1 rings (SSSR count). The molecule has 18 heavy (non-hydrogen) atoms. The molecule has 0 saturated heterocycles. The lowest BCUT2D eigenvalue weighted by Gasteiger charge is -2.15. The molecule has 2 atom stereocenters. The highest BCUT2D eigenvalue weighted by Gasteiger charge is 2.17. The Morgan fingerprint density at radius 2 is 2.00 bits per heavy atom. The Bertz CT molecular complexity index is 395. The number of hydrogen-bond acceptors (Lipinski definition) is 2. The number of nitrogens with one attached hydrogen (secondary N) is 1. The first-order valence-electron chi connectivity index (χ1n) is 5.90. The quantitative estimate of drug-likeness (QED) is 0.720. The summed E-state index contributed by atoms with van der Waals surface area (Å²) in [6.07, 6.45) is 1.79. The lowest BCUT2D eigenvalue weighted by Crippen LogP contribution is -2.45. The lowest BCUT2D eigenvalue weighted by atomic mass is 10.1. The largest absolute Gasteiger partial charge is 0.368 e. The van der Waals surface area contributed by atoms with E-state index >= 15 is 0 Å². The van der Waals surface area contributed by atoms with Crippen LogP contribution >= 0.6 is 8.58 Å². The molecule has 0 aromatic heterocycles. The Labute approximate surface area is 109 Å². The van der Waals surface area contributed by atoms with Crippen LogP contribution in [0.4, 0.5) is 0 Å². The predicted octanol–water partition coefficient (Wildman–Crippen LogP) is 0.898. The van der Waals surface area contributed by atoms with Crippen LogP contribution in [0.5, 0.6) is 0 Å². The Hall–Kier alpha value is -1.41. The van der Waals surface area contributed by atoms with Gasteiger partial charge in [0.15, 0.2) is 0 Å². The molecule has 0 fully saturated rings. The van der Waals surface area contributed by atoms with Gasteiger partial charge in [0.1, 0.15) is 6.04 Å². The molecule has 0 aliphatic rings. The average Bonchev–Trinajstić information content (AvgIpc) is 2.35. The van der Waals surface area contributed by atoms with Gasteiger partial charge in [-0.25, -0.2) is 0 Å². The van der Waals surface area contributed by atoms with Gasteiger partial charge in [-0.05, 0) is 24.8 Å². The minimum Gasteiger partial charge on any atom is -0.368 e. The highest BCUT2D eigenvalue weighted by atomic mass is 31.1. The molecular weight excluding hydrogens is 247 g/mol. The molecule has 0 radical (unpaired) electrons. The number of benzene rings is 1. The van der Waals surface area contributed by atoms with Gasteiger partial charge in [0.25, 0.3) is 0 Å². The normalized spacial score (nSPS) is 12.5. The van der Waals surface area contributed by atoms with E-state index in [4.69, 9.17) is 5.73 Å². The minimum absolute atomic E-state index is 0.163. The molecule has 2 amide bonds. The van der Waals surface area contributed by atoms with Crippen molar-refractivity contribution < 1.29 is 9.59 Å². The van der Waals surface area contributed by atoms with Gasteiger partial charge in [-0.3, -0.25) is 9.59 Å². The number of carbonyl (C=O) groups is 2. The summed E-state index contributed by atoms with van der Waals surface area (Å²) in [5.41, 5.74) is 6.20. The van der Waals surface area contributed by atoms with Crippen LogP contribution in [0.3, 0.4) is 0 Å². The van der Waals surface area contributed by atoms with Crippen LogP contribution in [0.1, 0.15) is 12.0 Å². The number of primary amides is 1. The molecule has 0 aliphatic carbocycles. The van der Waals surface area contributed by atoms with Crippen LogP contribution in [-0.2, 0) is 16.0 Å². The third-order valence-electron chi connectivity index (χ3n) is 2.57. The summed E-state index contributed by atoms with van der Waals surface area (Å²) in [5.74, 6) is -0.626. The Morgan fingerprint density at radius 1 is 1.33 bits per heavy atom. The number of rotatable bonds is 7. The van der Waals surface area contributed by atoms with E-state index in [9.17, 15) is 9.59 Å². The second-order valence-electron chi connectivity index (χ2n) is 4.08. The molecule has 0 bridgehead atoms. The van der Waals surface area contributed by atoms with Crippen molar-refractivity contribution in [2.45, 2.75) is 18.9 Å². The first-order chi connectivity index (χ1) is 8.63. The zero-order valence-corrected chi connectivity index (χ0v) is 11.5. The van der Waals surface area contributed by atoms with Crippen molar-refractivity contribution >= 4 is 20.4 Å². The van der Waals surface area contributed by atoms with Gasteiger partial charge in [-0.2, -0.15) is 0 Å². The fourth-order valence-electron chi connectivity index (χ4n) is 1.60. The van der Waals surface area contributed by atoms with Crippen molar-refractivity contribution in [2.24, 2.45) is 5.73 Å². The lowest BCUT2D eigenvalue weighted by molar-refractivity contribution is -0.127. The van der Waals surface area contributed by atoms with Gasteiger partial charge < -0.3 is 11.1 Å². The van der Waals surface area contributed by atoms with Gasteiger partial charge in [-0.1, -0.05) is 30.3 Å². The Balaban J connectivity index is 2.48. The van der Waals surface area contributed by atoms with Crippen molar-refractivity contribution in [1.29, 1.82) is 0 Å². The molecule has 0 spiro atoms. The van der Waals surface area contributed by atoms with Gasteiger partial charge in [0.05, 0.1) is 6.42 Å². The SMILES string of the molecule is CPCCC(NC(=O)Cc1ccccc1)C(N)=O. The molecule has 1 aromatic carbocycles. The van der Waals surface area contributed by atoms with Crippen LogP contribution in [-0.4, -0.2) is 30.7 Å². The van der Waals surface area contributed by atoms with Gasteiger partial charge in [0.2, 0.25) is 11.8 Å². The summed E-state index contributed by atoms with van der Waals surface area (Å²) < 4.78 is 0. The molecule has 0 saturated carbocycles. The van der Waals surface area contributed by atoms with E-state index in [0.29, 0.717) is 6.42 Å². The van der Waals surface area contributed by atoms with E-state index in [0.717, 1.165) is 20.3 Å².